The third-order valence-corrected chi connectivity index (χ3v) is 15.7. The van der Waals surface area contributed by atoms with Crippen LogP contribution in [0.2, 0.25) is 38.3 Å². The predicted molar refractivity (Wildman–Crippen MR) is 218 cm³/mol. The average molecular weight is 685 g/mol. The lowest BCUT2D eigenvalue weighted by molar-refractivity contribution is 0.400. The van der Waals surface area contributed by atoms with Gasteiger partial charge >= 0.3 is 0 Å². The molecule has 0 rings (SSSR count). The summed E-state index contributed by atoms with van der Waals surface area (Å²) >= 11 is 0. The van der Waals surface area contributed by atoms with E-state index < -0.39 is 16.6 Å². The van der Waals surface area contributed by atoms with Gasteiger partial charge in [-0.3, -0.25) is 0 Å². The molecule has 0 amide bonds. The van der Waals surface area contributed by atoms with Crippen molar-refractivity contribution in [3.8, 4) is 0 Å². The zero-order chi connectivity index (χ0) is 34.5. The Morgan fingerprint density at radius 1 is 0.261 bits per heavy atom. The minimum Gasteiger partial charge on any atom is -0.420 e. The molecule has 0 heterocycles. The lowest BCUT2D eigenvalue weighted by atomic mass is 10.0. The Labute approximate surface area is 296 Å². The van der Waals surface area contributed by atoms with Gasteiger partial charge in [-0.1, -0.05) is 219 Å². The minimum absolute atomic E-state index is 1.28. The van der Waals surface area contributed by atoms with E-state index in [0.717, 1.165) is 0 Å². The van der Waals surface area contributed by atoms with Gasteiger partial charge in [0.05, 0.1) is 0 Å². The van der Waals surface area contributed by atoms with Gasteiger partial charge in [-0.05, 0) is 38.3 Å². The zero-order valence-electron chi connectivity index (χ0n) is 33.9. The van der Waals surface area contributed by atoms with Crippen LogP contribution in [0.1, 0.15) is 219 Å². The van der Waals surface area contributed by atoms with Gasteiger partial charge in [-0.2, -0.15) is 0 Å². The van der Waals surface area contributed by atoms with Gasteiger partial charge < -0.3 is 8.85 Å². The second kappa shape index (κ2) is 38.2. The van der Waals surface area contributed by atoms with Crippen molar-refractivity contribution in [2.45, 2.75) is 258 Å². The quantitative estimate of drug-likeness (QED) is 0.0483. The van der Waals surface area contributed by atoms with Crippen LogP contribution in [0.3, 0.4) is 0 Å². The molecule has 0 aromatic carbocycles. The molecule has 0 radical (unpaired) electrons. The van der Waals surface area contributed by atoms with Crippen LogP contribution in [0.4, 0.5) is 0 Å². The lowest BCUT2D eigenvalue weighted by Gasteiger charge is -2.19. The summed E-state index contributed by atoms with van der Waals surface area (Å²) in [6, 6.07) is 2.67. The van der Waals surface area contributed by atoms with Gasteiger partial charge in [0, 0.05) is 14.2 Å². The molecular weight excluding hydrogens is 593 g/mol. The van der Waals surface area contributed by atoms with Gasteiger partial charge in [0.1, 0.15) is 0 Å². The second-order valence-electron chi connectivity index (χ2n) is 16.0. The molecule has 0 aliphatic heterocycles. The summed E-state index contributed by atoms with van der Waals surface area (Å²) < 4.78 is 11.2. The monoisotopic (exact) mass is 685 g/mol. The standard InChI is InChI=1S/2C21H46OSi/c2*1-5-6-7-8-9-10-11-12-13-14-15-16-17-18-19-20-21-23(3,4)22-2/h2*5-21H2,1-4H3. The van der Waals surface area contributed by atoms with Gasteiger partial charge in [0.2, 0.25) is 0 Å². The van der Waals surface area contributed by atoms with E-state index in [4.69, 9.17) is 8.85 Å². The Bertz CT molecular complexity index is 504. The summed E-state index contributed by atoms with van der Waals surface area (Å²) in [5.41, 5.74) is 0. The maximum absolute atomic E-state index is 5.60. The van der Waals surface area contributed by atoms with Gasteiger partial charge in [-0.15, -0.1) is 0 Å². The molecule has 0 aliphatic carbocycles. The Balaban J connectivity index is 0. The second-order valence-corrected chi connectivity index (χ2v) is 24.9. The van der Waals surface area contributed by atoms with Crippen LogP contribution in [0, 0.1) is 0 Å². The SMILES string of the molecule is CCCCCCCCCCCCCCCCCC[Si](C)(C)OC.CCCCCCCCCCCCCCCCCC[Si](C)(C)OC. The Hall–Kier alpha value is 0.354. The highest BCUT2D eigenvalue weighted by Gasteiger charge is 2.19. The fraction of sp³-hybridized carbons (Fsp3) is 1.00. The van der Waals surface area contributed by atoms with E-state index in [2.05, 4.69) is 40.0 Å². The van der Waals surface area contributed by atoms with E-state index in [0.29, 0.717) is 0 Å². The van der Waals surface area contributed by atoms with Crippen molar-refractivity contribution in [2.75, 3.05) is 14.2 Å². The van der Waals surface area contributed by atoms with Crippen molar-refractivity contribution in [3.63, 3.8) is 0 Å². The van der Waals surface area contributed by atoms with Crippen molar-refractivity contribution in [1.29, 1.82) is 0 Å². The van der Waals surface area contributed by atoms with Crippen LogP contribution in [-0.2, 0) is 8.85 Å². The van der Waals surface area contributed by atoms with Crippen LogP contribution in [0.15, 0.2) is 0 Å². The fourth-order valence-electron chi connectivity index (χ4n) is 6.40. The van der Waals surface area contributed by atoms with E-state index >= 15 is 0 Å². The number of rotatable bonds is 36. The minimum atomic E-state index is -1.28. The Morgan fingerprint density at radius 3 is 0.565 bits per heavy atom. The first-order valence-corrected chi connectivity index (χ1v) is 27.6. The number of hydrogen-bond acceptors (Lipinski definition) is 2. The first kappa shape index (κ1) is 48.5. The summed E-state index contributed by atoms with van der Waals surface area (Å²) in [5.74, 6) is 0. The van der Waals surface area contributed by atoms with Crippen molar-refractivity contribution < 1.29 is 8.85 Å². The predicted octanol–water partition coefficient (Wildman–Crippen LogP) is 16.2. The maximum atomic E-state index is 5.60. The van der Waals surface area contributed by atoms with Crippen LogP contribution in [0.25, 0.3) is 0 Å². The molecule has 0 saturated carbocycles. The smallest absolute Gasteiger partial charge is 0.186 e. The molecule has 0 atom stereocenters. The van der Waals surface area contributed by atoms with Crippen LogP contribution in [-0.4, -0.2) is 30.9 Å². The molecule has 0 aliphatic rings. The molecule has 0 aromatic heterocycles. The zero-order valence-corrected chi connectivity index (χ0v) is 35.9. The Kier molecular flexibility index (Phi) is 40.2. The number of hydrogen-bond donors (Lipinski definition) is 0. The van der Waals surface area contributed by atoms with Crippen molar-refractivity contribution >= 4 is 16.6 Å². The van der Waals surface area contributed by atoms with E-state index in [-0.39, 0.29) is 0 Å². The molecule has 0 saturated heterocycles. The third kappa shape index (κ3) is 42.4. The summed E-state index contributed by atoms with van der Waals surface area (Å²) in [6.07, 6.45) is 46.4. The number of unbranched alkanes of at least 4 members (excludes halogenated alkanes) is 30. The summed E-state index contributed by atoms with van der Waals surface area (Å²) in [5, 5.41) is 0. The van der Waals surface area contributed by atoms with E-state index in [1.54, 1.807) is 0 Å². The normalized spacial score (nSPS) is 12.0. The molecule has 0 bridgehead atoms. The molecule has 46 heavy (non-hydrogen) atoms. The molecule has 280 valence electrons. The highest BCUT2D eigenvalue weighted by atomic mass is 28.4. The van der Waals surface area contributed by atoms with Crippen LogP contribution >= 0.6 is 0 Å². The lowest BCUT2D eigenvalue weighted by Crippen LogP contribution is -2.27. The molecule has 0 fully saturated rings. The van der Waals surface area contributed by atoms with Gasteiger partial charge in [0.15, 0.2) is 16.6 Å². The van der Waals surface area contributed by atoms with Crippen molar-refractivity contribution in [1.82, 2.24) is 0 Å². The molecule has 0 spiro atoms. The topological polar surface area (TPSA) is 18.5 Å². The Morgan fingerprint density at radius 2 is 0.413 bits per heavy atom. The van der Waals surface area contributed by atoms with E-state index in [9.17, 15) is 0 Å². The highest BCUT2D eigenvalue weighted by molar-refractivity contribution is 6.71. The first-order valence-electron chi connectivity index (χ1n) is 21.3. The largest absolute Gasteiger partial charge is 0.420 e. The molecule has 0 unspecified atom stereocenters. The molecule has 0 aromatic rings. The van der Waals surface area contributed by atoms with Crippen LogP contribution < -0.4 is 0 Å². The van der Waals surface area contributed by atoms with Gasteiger partial charge in [0.25, 0.3) is 0 Å². The molecule has 0 N–H and O–H groups in total. The van der Waals surface area contributed by atoms with E-state index in [1.807, 2.05) is 14.2 Å². The summed E-state index contributed by atoms with van der Waals surface area (Å²) in [7, 11) is 1.21. The molecular formula is C42H92O2Si2. The fourth-order valence-corrected chi connectivity index (χ4v) is 9.01. The van der Waals surface area contributed by atoms with E-state index in [1.165, 1.54) is 218 Å². The maximum Gasteiger partial charge on any atom is 0.186 e. The molecule has 4 heteroatoms. The molecule has 2 nitrogen and oxygen atoms in total. The van der Waals surface area contributed by atoms with Crippen LogP contribution in [0.5, 0.6) is 0 Å². The summed E-state index contributed by atoms with van der Waals surface area (Å²) in [4.78, 5) is 0. The van der Waals surface area contributed by atoms with Gasteiger partial charge in [-0.25, -0.2) is 0 Å². The third-order valence-electron chi connectivity index (χ3n) is 10.4. The summed E-state index contributed by atoms with van der Waals surface area (Å²) in [6.45, 7) is 13.9. The average Bonchev–Trinajstić information content (AvgIpc) is 3.04. The highest BCUT2D eigenvalue weighted by Crippen LogP contribution is 2.19. The first-order chi connectivity index (χ1) is 22.2. The van der Waals surface area contributed by atoms with Crippen molar-refractivity contribution in [2.24, 2.45) is 0 Å². The van der Waals surface area contributed by atoms with Crippen molar-refractivity contribution in [3.05, 3.63) is 0 Å².